The van der Waals surface area contributed by atoms with E-state index in [2.05, 4.69) is 0 Å². The summed E-state index contributed by atoms with van der Waals surface area (Å²) in [6, 6.07) is 9.44. The molecule has 4 atom stereocenters. The van der Waals surface area contributed by atoms with Crippen LogP contribution in [0, 0.1) is 0 Å². The molecular weight excluding hydrogens is 360 g/mol. The molecule has 0 bridgehead atoms. The summed E-state index contributed by atoms with van der Waals surface area (Å²) < 4.78 is 22.2. The van der Waals surface area contributed by atoms with Gasteiger partial charge in [-0.05, 0) is 5.56 Å². The number of hydrogen-bond donors (Lipinski definition) is 0. The Kier molecular flexibility index (Phi) is 7.62. The van der Waals surface area contributed by atoms with Crippen molar-refractivity contribution in [2.75, 3.05) is 5.75 Å². The van der Waals surface area contributed by atoms with Gasteiger partial charge in [0.25, 0.3) is 0 Å². The van der Waals surface area contributed by atoms with Crippen molar-refractivity contribution in [3.05, 3.63) is 35.9 Å². The van der Waals surface area contributed by atoms with Gasteiger partial charge in [-0.1, -0.05) is 42.1 Å². The Hall–Kier alpha value is -1.90. The van der Waals surface area contributed by atoms with E-state index in [4.69, 9.17) is 18.9 Å². The Morgan fingerprint density at radius 2 is 1.62 bits per heavy atom. The predicted octanol–water partition coefficient (Wildman–Crippen LogP) is 2.07. The van der Waals surface area contributed by atoms with E-state index in [-0.39, 0.29) is 17.5 Å². The van der Waals surface area contributed by atoms with Gasteiger partial charge < -0.3 is 18.9 Å². The van der Waals surface area contributed by atoms with Gasteiger partial charge in [0, 0.05) is 26.5 Å². The molecule has 0 amide bonds. The van der Waals surface area contributed by atoms with E-state index in [9.17, 15) is 14.4 Å². The van der Waals surface area contributed by atoms with E-state index < -0.39 is 36.5 Å². The van der Waals surface area contributed by atoms with Crippen LogP contribution in [0.25, 0.3) is 0 Å². The second-order valence-electron chi connectivity index (χ2n) is 5.79. The largest absolute Gasteiger partial charge is 0.456 e. The minimum absolute atomic E-state index is 0.0899. The Morgan fingerprint density at radius 1 is 1.00 bits per heavy atom. The van der Waals surface area contributed by atoms with Crippen molar-refractivity contribution in [3.8, 4) is 0 Å². The SMILES string of the molecule is CC(=O)O[C@@H]1[C@@H](OC(C)=O)[C@H](OCc2ccccc2)O[C@H]1CSC(C)=O. The summed E-state index contributed by atoms with van der Waals surface area (Å²) in [4.78, 5) is 34.2. The van der Waals surface area contributed by atoms with Crippen molar-refractivity contribution in [2.45, 2.75) is 52.0 Å². The lowest BCUT2D eigenvalue weighted by Crippen LogP contribution is -2.41. The van der Waals surface area contributed by atoms with Gasteiger partial charge >= 0.3 is 11.9 Å². The topological polar surface area (TPSA) is 88.1 Å². The molecule has 0 N–H and O–H groups in total. The molecular formula is C18H22O7S. The van der Waals surface area contributed by atoms with Crippen LogP contribution < -0.4 is 0 Å². The average molecular weight is 382 g/mol. The number of benzene rings is 1. The van der Waals surface area contributed by atoms with Crippen LogP contribution in [-0.4, -0.2) is 47.4 Å². The van der Waals surface area contributed by atoms with Gasteiger partial charge in [0.1, 0.15) is 6.10 Å². The molecule has 0 radical (unpaired) electrons. The van der Waals surface area contributed by atoms with Gasteiger partial charge in [-0.15, -0.1) is 0 Å². The van der Waals surface area contributed by atoms with Crippen LogP contribution in [0.3, 0.4) is 0 Å². The third-order valence-corrected chi connectivity index (χ3v) is 4.48. The fraction of sp³-hybridized carbons (Fsp3) is 0.500. The minimum Gasteiger partial charge on any atom is -0.456 e. The first-order valence-electron chi connectivity index (χ1n) is 8.15. The number of esters is 2. The number of carbonyl (C=O) groups excluding carboxylic acids is 3. The van der Waals surface area contributed by atoms with Crippen LogP contribution in [0.15, 0.2) is 30.3 Å². The zero-order valence-corrected chi connectivity index (χ0v) is 15.7. The van der Waals surface area contributed by atoms with Crippen LogP contribution in [-0.2, 0) is 39.9 Å². The molecule has 142 valence electrons. The van der Waals surface area contributed by atoms with Gasteiger partial charge in [0.2, 0.25) is 0 Å². The fourth-order valence-corrected chi connectivity index (χ4v) is 3.23. The lowest BCUT2D eigenvalue weighted by atomic mass is 10.1. The molecule has 1 heterocycles. The molecule has 0 unspecified atom stereocenters. The predicted molar refractivity (Wildman–Crippen MR) is 94.1 cm³/mol. The first-order valence-corrected chi connectivity index (χ1v) is 9.14. The van der Waals surface area contributed by atoms with E-state index in [1.807, 2.05) is 30.3 Å². The molecule has 1 aromatic carbocycles. The van der Waals surface area contributed by atoms with Crippen molar-refractivity contribution in [2.24, 2.45) is 0 Å². The molecule has 1 fully saturated rings. The van der Waals surface area contributed by atoms with Crippen LogP contribution in [0.1, 0.15) is 26.3 Å². The van der Waals surface area contributed by atoms with E-state index >= 15 is 0 Å². The van der Waals surface area contributed by atoms with Gasteiger partial charge in [0.15, 0.2) is 23.6 Å². The standard InChI is InChI=1S/C18H22O7S/c1-11(19)23-16-15(10-26-13(3)21)25-18(17(16)24-12(2)20)22-9-14-7-5-4-6-8-14/h4-8,15-18H,9-10H2,1-3H3/t15-,16-,17+,18+/m0/s1. The summed E-state index contributed by atoms with van der Waals surface area (Å²) >= 11 is 1.05. The van der Waals surface area contributed by atoms with Crippen molar-refractivity contribution in [3.63, 3.8) is 0 Å². The maximum Gasteiger partial charge on any atom is 0.303 e. The van der Waals surface area contributed by atoms with E-state index in [0.717, 1.165) is 17.3 Å². The zero-order valence-electron chi connectivity index (χ0n) is 14.9. The summed E-state index contributed by atoms with van der Waals surface area (Å²) in [6.45, 7) is 4.20. The highest BCUT2D eigenvalue weighted by molar-refractivity contribution is 8.13. The van der Waals surface area contributed by atoms with Gasteiger partial charge in [-0.3, -0.25) is 14.4 Å². The Bertz CT molecular complexity index is 634. The molecule has 0 aromatic heterocycles. The molecule has 2 rings (SSSR count). The quantitative estimate of drug-likeness (QED) is 0.662. The molecule has 8 heteroatoms. The lowest BCUT2D eigenvalue weighted by molar-refractivity contribution is -0.190. The van der Waals surface area contributed by atoms with E-state index in [1.165, 1.54) is 20.8 Å². The second kappa shape index (κ2) is 9.70. The minimum atomic E-state index is -0.905. The lowest BCUT2D eigenvalue weighted by Gasteiger charge is -2.23. The summed E-state index contributed by atoms with van der Waals surface area (Å²) in [7, 11) is 0. The number of hydrogen-bond acceptors (Lipinski definition) is 8. The maximum absolute atomic E-state index is 11.5. The van der Waals surface area contributed by atoms with Gasteiger partial charge in [0.05, 0.1) is 6.61 Å². The highest BCUT2D eigenvalue weighted by Gasteiger charge is 2.49. The molecule has 1 aliphatic rings. The molecule has 7 nitrogen and oxygen atoms in total. The molecule has 1 aromatic rings. The van der Waals surface area contributed by atoms with E-state index in [0.29, 0.717) is 0 Å². The number of carbonyl (C=O) groups is 3. The van der Waals surface area contributed by atoms with E-state index in [1.54, 1.807) is 0 Å². The van der Waals surface area contributed by atoms with Crippen molar-refractivity contribution in [1.29, 1.82) is 0 Å². The second-order valence-corrected chi connectivity index (χ2v) is 6.99. The molecule has 1 aliphatic heterocycles. The molecule has 0 aliphatic carbocycles. The summed E-state index contributed by atoms with van der Waals surface area (Å²) in [5.74, 6) is -0.808. The highest BCUT2D eigenvalue weighted by Crippen LogP contribution is 2.30. The van der Waals surface area contributed by atoms with Crippen LogP contribution >= 0.6 is 11.8 Å². The Morgan fingerprint density at radius 3 is 2.19 bits per heavy atom. The maximum atomic E-state index is 11.5. The van der Waals surface area contributed by atoms with Gasteiger partial charge in [-0.2, -0.15) is 0 Å². The number of thioether (sulfide) groups is 1. The number of ether oxygens (including phenoxy) is 4. The zero-order chi connectivity index (χ0) is 19.1. The molecule has 26 heavy (non-hydrogen) atoms. The molecule has 0 spiro atoms. The first-order chi connectivity index (χ1) is 12.4. The van der Waals surface area contributed by atoms with Crippen molar-refractivity contribution in [1.82, 2.24) is 0 Å². The van der Waals surface area contributed by atoms with Crippen LogP contribution in [0.2, 0.25) is 0 Å². The Balaban J connectivity index is 2.13. The first kappa shape index (κ1) is 20.4. The van der Waals surface area contributed by atoms with Crippen LogP contribution in [0.4, 0.5) is 0 Å². The molecule has 0 saturated carbocycles. The third-order valence-electron chi connectivity index (χ3n) is 3.58. The Labute approximate surface area is 156 Å². The normalized spacial score (nSPS) is 24.9. The van der Waals surface area contributed by atoms with Gasteiger partial charge in [-0.25, -0.2) is 0 Å². The monoisotopic (exact) mass is 382 g/mol. The smallest absolute Gasteiger partial charge is 0.303 e. The van der Waals surface area contributed by atoms with Crippen molar-refractivity contribution < 1.29 is 33.3 Å². The fourth-order valence-electron chi connectivity index (χ4n) is 2.56. The highest BCUT2D eigenvalue weighted by atomic mass is 32.2. The summed E-state index contributed by atoms with van der Waals surface area (Å²) in [6.07, 6.45) is -3.28. The summed E-state index contributed by atoms with van der Waals surface area (Å²) in [5, 5.41) is -0.0899. The molecule has 1 saturated heterocycles. The van der Waals surface area contributed by atoms with Crippen LogP contribution in [0.5, 0.6) is 0 Å². The third kappa shape index (κ3) is 6.12. The van der Waals surface area contributed by atoms with Crippen molar-refractivity contribution >= 4 is 28.8 Å². The average Bonchev–Trinajstić information content (AvgIpc) is 2.88. The summed E-state index contributed by atoms with van der Waals surface area (Å²) in [5.41, 5.74) is 0.920. The number of rotatable bonds is 7.